The van der Waals surface area contributed by atoms with E-state index in [0.717, 1.165) is 42.0 Å². The Morgan fingerprint density at radius 2 is 1.90 bits per heavy atom. The van der Waals surface area contributed by atoms with Crippen LogP contribution in [0.3, 0.4) is 0 Å². The van der Waals surface area contributed by atoms with Crippen molar-refractivity contribution in [3.8, 4) is 51.7 Å². The van der Waals surface area contributed by atoms with Crippen LogP contribution >= 0.6 is 0 Å². The SMILES string of the molecule is CCc1cc2c([nH]1)N1CCN[C@@H](C#C[C@@H](c3c(O)c(OC)c(OCCCO)c4c3OC(c3ccc(O)cc3)CC4=O)Cc3cccc-2c3)C1. The number of anilines is 1. The van der Waals surface area contributed by atoms with E-state index in [1.165, 1.54) is 12.8 Å². The molecule has 3 atom stereocenters. The molecule has 3 aromatic carbocycles. The Bertz CT molecular complexity index is 1920. The third kappa shape index (κ3) is 6.28. The van der Waals surface area contributed by atoms with Gasteiger partial charge in [0.1, 0.15) is 29.0 Å². The van der Waals surface area contributed by atoms with Crippen LogP contribution in [0.1, 0.15) is 64.5 Å². The van der Waals surface area contributed by atoms with E-state index in [1.54, 1.807) is 24.3 Å². The molecule has 10 nitrogen and oxygen atoms in total. The number of hydrogen-bond acceptors (Lipinski definition) is 9. The fourth-order valence-corrected chi connectivity index (χ4v) is 7.02. The van der Waals surface area contributed by atoms with Crippen molar-refractivity contribution in [1.29, 1.82) is 0 Å². The zero-order valence-corrected chi connectivity index (χ0v) is 27.7. The molecule has 1 unspecified atom stereocenters. The number of nitrogens with zero attached hydrogens (tertiary/aromatic N) is 1. The van der Waals surface area contributed by atoms with E-state index in [0.29, 0.717) is 30.5 Å². The molecule has 4 bridgehead atoms. The van der Waals surface area contributed by atoms with Crippen LogP contribution < -0.4 is 24.4 Å². The lowest BCUT2D eigenvalue weighted by atomic mass is 9.85. The standard InChI is InChI=1S/C39H41N3O7/c1-3-27-20-30-25-7-4-6-23(18-25)19-26(8-11-28-22-42(15-14-40-28)39(30)41-27)33-35(46)38(47-2)37(48-17-5-16-43)34-31(45)21-32(49-36(33)34)24-9-12-29(44)13-10-24/h4,6-7,9-10,12-13,18,20,26,28,32,40-41,43-44,46H,3,5,14-17,19,21-22H2,1-2H3/t26-,28+,32?/m1/s1. The number of piperazine rings is 1. The van der Waals surface area contributed by atoms with Crippen LogP contribution in [0.25, 0.3) is 11.1 Å². The predicted octanol–water partition coefficient (Wildman–Crippen LogP) is 5.25. The van der Waals surface area contributed by atoms with Crippen LogP contribution in [0.2, 0.25) is 0 Å². The number of benzene rings is 3. The highest BCUT2D eigenvalue weighted by Crippen LogP contribution is 2.55. The number of aromatic amines is 1. The number of aromatic hydroxyl groups is 2. The molecule has 7 rings (SSSR count). The molecule has 4 aromatic rings. The maximum Gasteiger partial charge on any atom is 0.204 e. The van der Waals surface area contributed by atoms with E-state index in [9.17, 15) is 20.1 Å². The summed E-state index contributed by atoms with van der Waals surface area (Å²) in [6, 6.07) is 17.0. The van der Waals surface area contributed by atoms with Crippen LogP contribution in [0, 0.1) is 11.8 Å². The summed E-state index contributed by atoms with van der Waals surface area (Å²) in [5.74, 6) is 7.43. The molecule has 5 N–H and O–H groups in total. The molecule has 0 aliphatic carbocycles. The second kappa shape index (κ2) is 13.8. The van der Waals surface area contributed by atoms with Crippen molar-refractivity contribution in [2.45, 2.75) is 50.7 Å². The van der Waals surface area contributed by atoms with Crippen LogP contribution in [0.4, 0.5) is 5.82 Å². The number of aliphatic hydroxyl groups is 1. The lowest BCUT2D eigenvalue weighted by Gasteiger charge is -2.33. The fraction of sp³-hybridized carbons (Fsp3) is 0.359. The van der Waals surface area contributed by atoms with Gasteiger partial charge in [-0.1, -0.05) is 55.2 Å². The number of hydrogen-bond donors (Lipinski definition) is 5. The first-order chi connectivity index (χ1) is 23.9. The summed E-state index contributed by atoms with van der Waals surface area (Å²) in [4.78, 5) is 20.1. The van der Waals surface area contributed by atoms with Crippen molar-refractivity contribution in [1.82, 2.24) is 10.3 Å². The molecule has 0 amide bonds. The molecule has 4 heterocycles. The van der Waals surface area contributed by atoms with Gasteiger partial charge in [0, 0.05) is 43.9 Å². The first kappa shape index (κ1) is 32.4. The minimum atomic E-state index is -0.673. The Morgan fingerprint density at radius 3 is 2.67 bits per heavy atom. The molecular formula is C39H41N3O7. The highest BCUT2D eigenvalue weighted by atomic mass is 16.5. The first-order valence-electron chi connectivity index (χ1n) is 16.9. The Morgan fingerprint density at radius 1 is 1.06 bits per heavy atom. The number of H-pyrrole nitrogens is 1. The molecule has 3 aliphatic rings. The maximum absolute atomic E-state index is 14.1. The molecule has 49 heavy (non-hydrogen) atoms. The van der Waals surface area contributed by atoms with Gasteiger partial charge in [-0.25, -0.2) is 0 Å². The van der Waals surface area contributed by atoms with Crippen LogP contribution in [-0.4, -0.2) is 72.1 Å². The smallest absolute Gasteiger partial charge is 0.204 e. The number of phenolic OH excluding ortho intramolecular Hbond substituents is 2. The van der Waals surface area contributed by atoms with E-state index in [2.05, 4.69) is 58.2 Å². The molecule has 1 fully saturated rings. The third-order valence-electron chi connectivity index (χ3n) is 9.49. The summed E-state index contributed by atoms with van der Waals surface area (Å²) in [5.41, 5.74) is 5.64. The van der Waals surface area contributed by atoms with E-state index in [1.807, 2.05) is 6.07 Å². The average Bonchev–Trinajstić information content (AvgIpc) is 3.55. The number of carbonyl (C=O) groups is 1. The Hall–Kier alpha value is -5.11. The minimum Gasteiger partial charge on any atom is -0.508 e. The topological polar surface area (TPSA) is 137 Å². The summed E-state index contributed by atoms with van der Waals surface area (Å²) in [6.45, 7) is 4.39. The summed E-state index contributed by atoms with van der Waals surface area (Å²) in [5, 5.41) is 34.9. The van der Waals surface area contributed by atoms with Gasteiger partial charge in [0.15, 0.2) is 17.3 Å². The van der Waals surface area contributed by atoms with Crippen molar-refractivity contribution in [2.24, 2.45) is 0 Å². The fourth-order valence-electron chi connectivity index (χ4n) is 7.02. The van der Waals surface area contributed by atoms with Gasteiger partial charge < -0.3 is 44.7 Å². The van der Waals surface area contributed by atoms with Gasteiger partial charge >= 0.3 is 0 Å². The summed E-state index contributed by atoms with van der Waals surface area (Å²) < 4.78 is 18.4. The number of aromatic nitrogens is 1. The summed E-state index contributed by atoms with van der Waals surface area (Å²) in [7, 11) is 1.42. The van der Waals surface area contributed by atoms with Gasteiger partial charge in [-0.3, -0.25) is 4.79 Å². The Labute approximate surface area is 285 Å². The zero-order valence-electron chi connectivity index (χ0n) is 27.7. The Kier molecular flexibility index (Phi) is 9.13. The van der Waals surface area contributed by atoms with Crippen molar-refractivity contribution < 1.29 is 34.3 Å². The number of aryl methyl sites for hydroxylation is 1. The van der Waals surface area contributed by atoms with Gasteiger partial charge in [-0.15, -0.1) is 0 Å². The van der Waals surface area contributed by atoms with Gasteiger partial charge in [0.2, 0.25) is 5.75 Å². The lowest BCUT2D eigenvalue weighted by Crippen LogP contribution is -2.50. The summed E-state index contributed by atoms with van der Waals surface area (Å²) in [6.07, 6.45) is 0.977. The van der Waals surface area contributed by atoms with E-state index >= 15 is 0 Å². The summed E-state index contributed by atoms with van der Waals surface area (Å²) >= 11 is 0. The maximum atomic E-state index is 14.1. The number of ether oxygens (including phenoxy) is 3. The highest BCUT2D eigenvalue weighted by Gasteiger charge is 2.39. The number of nitrogens with one attached hydrogen (secondary N) is 2. The van der Waals surface area contributed by atoms with E-state index in [-0.39, 0.29) is 65.8 Å². The van der Waals surface area contributed by atoms with Crippen LogP contribution in [0.15, 0.2) is 54.6 Å². The number of carbonyl (C=O) groups excluding carboxylic acids is 1. The van der Waals surface area contributed by atoms with Gasteiger partial charge in [0.05, 0.1) is 37.7 Å². The van der Waals surface area contributed by atoms with E-state index < -0.39 is 12.0 Å². The molecular weight excluding hydrogens is 622 g/mol. The zero-order chi connectivity index (χ0) is 34.1. The molecule has 0 saturated carbocycles. The molecule has 1 aromatic heterocycles. The number of ketones is 1. The minimum absolute atomic E-state index is 0.0144. The average molecular weight is 664 g/mol. The number of rotatable bonds is 8. The normalized spacial score (nSPS) is 19.7. The molecule has 3 aliphatic heterocycles. The van der Waals surface area contributed by atoms with Gasteiger partial charge in [0.25, 0.3) is 0 Å². The van der Waals surface area contributed by atoms with Gasteiger partial charge in [-0.2, -0.15) is 0 Å². The van der Waals surface area contributed by atoms with Crippen molar-refractivity contribution in [3.05, 3.63) is 82.5 Å². The predicted molar refractivity (Wildman–Crippen MR) is 186 cm³/mol. The van der Waals surface area contributed by atoms with Crippen LogP contribution in [0.5, 0.6) is 28.7 Å². The van der Waals surface area contributed by atoms with Crippen molar-refractivity contribution in [2.75, 3.05) is 44.9 Å². The number of fused-ring (bicyclic) bond motifs is 8. The molecule has 0 radical (unpaired) electrons. The number of aliphatic hydroxyl groups excluding tert-OH is 1. The lowest BCUT2D eigenvalue weighted by molar-refractivity contribution is 0.0836. The van der Waals surface area contributed by atoms with Crippen molar-refractivity contribution in [3.63, 3.8) is 0 Å². The molecule has 10 heteroatoms. The molecule has 0 spiro atoms. The monoisotopic (exact) mass is 663 g/mol. The molecule has 254 valence electrons. The van der Waals surface area contributed by atoms with Gasteiger partial charge in [-0.05, 0) is 47.7 Å². The van der Waals surface area contributed by atoms with E-state index in [4.69, 9.17) is 14.2 Å². The number of Topliss-reactive ketones (excluding diaryl/α,β-unsaturated/α-hetero) is 1. The number of methoxy groups -OCH3 is 1. The second-order valence-corrected chi connectivity index (χ2v) is 12.7. The third-order valence-corrected chi connectivity index (χ3v) is 9.49. The highest BCUT2D eigenvalue weighted by molar-refractivity contribution is 6.05. The largest absolute Gasteiger partial charge is 0.508 e. The number of phenols is 2. The molecule has 1 saturated heterocycles. The first-order valence-corrected chi connectivity index (χ1v) is 16.9. The van der Waals surface area contributed by atoms with Crippen LogP contribution in [-0.2, 0) is 12.8 Å². The Balaban J connectivity index is 1.41. The second-order valence-electron chi connectivity index (χ2n) is 12.7. The van der Waals surface area contributed by atoms with Crippen molar-refractivity contribution >= 4 is 11.6 Å². The quantitative estimate of drug-likeness (QED) is 0.126.